The molecule has 1 aromatic heterocycles. The van der Waals surface area contributed by atoms with Gasteiger partial charge < -0.3 is 4.74 Å². The molecular formula is C20H14Cl2N2OS. The number of nitrogens with zero attached hydrogens (tertiary/aromatic N) is 2. The van der Waals surface area contributed by atoms with Crippen LogP contribution in [0.3, 0.4) is 0 Å². The molecule has 0 N–H and O–H groups in total. The van der Waals surface area contributed by atoms with E-state index >= 15 is 0 Å². The molecule has 0 saturated heterocycles. The molecule has 2 aliphatic rings. The van der Waals surface area contributed by atoms with E-state index in [0.717, 1.165) is 23.4 Å². The second kappa shape index (κ2) is 6.31. The fourth-order valence-corrected chi connectivity index (χ4v) is 4.54. The fraction of sp³-hybridized carbons (Fsp3) is 0.150. The minimum absolute atomic E-state index is 0.150. The minimum Gasteiger partial charge on any atom is -0.464 e. The highest BCUT2D eigenvalue weighted by Crippen LogP contribution is 2.48. The molecule has 3 heterocycles. The normalized spacial score (nSPS) is 21.0. The van der Waals surface area contributed by atoms with Gasteiger partial charge in [0.2, 0.25) is 6.23 Å². The summed E-state index contributed by atoms with van der Waals surface area (Å²) >= 11 is 14.0. The van der Waals surface area contributed by atoms with Gasteiger partial charge in [-0.2, -0.15) is 5.10 Å². The van der Waals surface area contributed by atoms with Crippen molar-refractivity contribution in [2.45, 2.75) is 18.7 Å². The predicted octanol–water partition coefficient (Wildman–Crippen LogP) is 6.30. The Hall–Kier alpha value is -2.01. The summed E-state index contributed by atoms with van der Waals surface area (Å²) in [6.45, 7) is 0. The fourth-order valence-electron chi connectivity index (χ4n) is 3.51. The average Bonchev–Trinajstić information content (AvgIpc) is 3.33. The van der Waals surface area contributed by atoms with E-state index in [1.54, 1.807) is 17.4 Å². The number of thiophene rings is 1. The Morgan fingerprint density at radius 2 is 1.92 bits per heavy atom. The second-order valence-electron chi connectivity index (χ2n) is 6.31. The van der Waals surface area contributed by atoms with Crippen molar-refractivity contribution in [3.8, 4) is 5.75 Å². The van der Waals surface area contributed by atoms with Crippen molar-refractivity contribution in [3.63, 3.8) is 0 Å². The molecule has 130 valence electrons. The highest BCUT2D eigenvalue weighted by Gasteiger charge is 2.41. The van der Waals surface area contributed by atoms with Crippen molar-refractivity contribution >= 4 is 40.3 Å². The van der Waals surface area contributed by atoms with Crippen LogP contribution in [0.5, 0.6) is 5.75 Å². The second-order valence-corrected chi connectivity index (χ2v) is 8.07. The zero-order valence-corrected chi connectivity index (χ0v) is 15.9. The SMILES string of the molecule is Clc1ccc([C@H]2Oc3ccccc3[C@@H]3CC(c4cccs4)=NN23)cc1Cl. The Kier molecular flexibility index (Phi) is 3.92. The number of hydrazone groups is 1. The molecule has 6 heteroatoms. The highest BCUT2D eigenvalue weighted by atomic mass is 35.5. The number of hydrogen-bond acceptors (Lipinski definition) is 4. The van der Waals surface area contributed by atoms with E-state index in [-0.39, 0.29) is 12.3 Å². The molecule has 3 nitrogen and oxygen atoms in total. The van der Waals surface area contributed by atoms with Crippen molar-refractivity contribution in [1.29, 1.82) is 0 Å². The first-order chi connectivity index (χ1) is 12.7. The first kappa shape index (κ1) is 16.2. The van der Waals surface area contributed by atoms with Crippen molar-refractivity contribution in [2.75, 3.05) is 0 Å². The van der Waals surface area contributed by atoms with Crippen LogP contribution in [0.25, 0.3) is 0 Å². The summed E-state index contributed by atoms with van der Waals surface area (Å²) in [4.78, 5) is 1.20. The van der Waals surface area contributed by atoms with E-state index in [1.807, 2.05) is 30.3 Å². The molecule has 2 aliphatic heterocycles. The van der Waals surface area contributed by atoms with E-state index in [1.165, 1.54) is 10.4 Å². The summed E-state index contributed by atoms with van der Waals surface area (Å²) in [5.41, 5.74) is 3.20. The zero-order valence-electron chi connectivity index (χ0n) is 13.6. The summed E-state index contributed by atoms with van der Waals surface area (Å²) in [7, 11) is 0. The van der Waals surface area contributed by atoms with E-state index in [4.69, 9.17) is 33.0 Å². The van der Waals surface area contributed by atoms with Crippen LogP contribution < -0.4 is 4.74 Å². The van der Waals surface area contributed by atoms with Crippen molar-refractivity contribution in [3.05, 3.63) is 86.0 Å². The Morgan fingerprint density at radius 1 is 1.04 bits per heavy atom. The van der Waals surface area contributed by atoms with Crippen LogP contribution in [0.2, 0.25) is 10.0 Å². The zero-order chi connectivity index (χ0) is 17.7. The van der Waals surface area contributed by atoms with Gasteiger partial charge in [-0.3, -0.25) is 0 Å². The summed E-state index contributed by atoms with van der Waals surface area (Å²) in [5.74, 6) is 0.896. The molecule has 0 aliphatic carbocycles. The number of hydrogen-bond donors (Lipinski definition) is 0. The van der Waals surface area contributed by atoms with Crippen LogP contribution in [0.1, 0.15) is 34.7 Å². The molecule has 0 spiro atoms. The Morgan fingerprint density at radius 3 is 2.73 bits per heavy atom. The van der Waals surface area contributed by atoms with Crippen LogP contribution in [0.15, 0.2) is 65.1 Å². The molecule has 5 rings (SSSR count). The summed E-state index contributed by atoms with van der Waals surface area (Å²) in [5, 5.41) is 10.1. The number of fused-ring (bicyclic) bond motifs is 3. The molecule has 2 atom stereocenters. The van der Waals surface area contributed by atoms with Gasteiger partial charge in [0.1, 0.15) is 5.75 Å². The molecule has 3 aromatic rings. The maximum Gasteiger partial charge on any atom is 0.213 e. The number of para-hydroxylation sites is 1. The van der Waals surface area contributed by atoms with Crippen molar-refractivity contribution in [2.24, 2.45) is 5.10 Å². The smallest absolute Gasteiger partial charge is 0.213 e. The Bertz CT molecular complexity index is 1000. The van der Waals surface area contributed by atoms with Gasteiger partial charge in [-0.05, 0) is 29.6 Å². The molecule has 0 fully saturated rings. The number of halogens is 2. The lowest BCUT2D eigenvalue weighted by atomic mass is 9.98. The monoisotopic (exact) mass is 400 g/mol. The largest absolute Gasteiger partial charge is 0.464 e. The van der Waals surface area contributed by atoms with Gasteiger partial charge in [0, 0.05) is 17.5 Å². The van der Waals surface area contributed by atoms with Crippen LogP contribution in [0, 0.1) is 0 Å². The van der Waals surface area contributed by atoms with Gasteiger partial charge in [0.05, 0.1) is 26.7 Å². The lowest BCUT2D eigenvalue weighted by Gasteiger charge is -2.38. The van der Waals surface area contributed by atoms with Crippen molar-refractivity contribution in [1.82, 2.24) is 5.01 Å². The standard InChI is InChI=1S/C20H14Cl2N2OS/c21-14-8-7-12(10-15(14)22)20-24-17(13-4-1-2-5-18(13)25-20)11-16(23-24)19-6-3-9-26-19/h1-10,17,20H,11H2/t17-,20+/m0/s1. The van der Waals surface area contributed by atoms with Gasteiger partial charge in [-0.1, -0.05) is 53.5 Å². The van der Waals surface area contributed by atoms with Crippen LogP contribution in [-0.4, -0.2) is 10.7 Å². The van der Waals surface area contributed by atoms with E-state index in [9.17, 15) is 0 Å². The van der Waals surface area contributed by atoms with Gasteiger partial charge >= 0.3 is 0 Å². The molecule has 0 bridgehead atoms. The van der Waals surface area contributed by atoms with Gasteiger partial charge in [-0.15, -0.1) is 11.3 Å². The summed E-state index contributed by atoms with van der Waals surface area (Å²) in [6, 6.07) is 18.1. The first-order valence-corrected chi connectivity index (χ1v) is 9.94. The predicted molar refractivity (Wildman–Crippen MR) is 106 cm³/mol. The molecular weight excluding hydrogens is 387 g/mol. The third-order valence-corrected chi connectivity index (χ3v) is 6.39. The molecule has 2 aromatic carbocycles. The molecule has 0 radical (unpaired) electrons. The van der Waals surface area contributed by atoms with Gasteiger partial charge in [0.15, 0.2) is 0 Å². The number of benzene rings is 2. The topological polar surface area (TPSA) is 24.8 Å². The minimum atomic E-state index is -0.331. The maximum absolute atomic E-state index is 6.31. The van der Waals surface area contributed by atoms with E-state index < -0.39 is 0 Å². The third kappa shape index (κ3) is 2.60. The Labute approximate surface area is 165 Å². The first-order valence-electron chi connectivity index (χ1n) is 8.31. The lowest BCUT2D eigenvalue weighted by Crippen LogP contribution is -2.33. The molecule has 0 saturated carbocycles. The molecule has 0 amide bonds. The van der Waals surface area contributed by atoms with Crippen molar-refractivity contribution < 1.29 is 4.74 Å². The Balaban J connectivity index is 1.61. The van der Waals surface area contributed by atoms with E-state index in [2.05, 4.69) is 28.6 Å². The highest BCUT2D eigenvalue weighted by molar-refractivity contribution is 7.12. The number of rotatable bonds is 2. The molecule has 0 unspecified atom stereocenters. The summed E-state index contributed by atoms with van der Waals surface area (Å²) in [6.07, 6.45) is 0.528. The van der Waals surface area contributed by atoms with Crippen LogP contribution >= 0.6 is 34.5 Å². The van der Waals surface area contributed by atoms with E-state index in [0.29, 0.717) is 10.0 Å². The average molecular weight is 401 g/mol. The maximum atomic E-state index is 6.31. The summed E-state index contributed by atoms with van der Waals surface area (Å²) < 4.78 is 6.31. The quantitative estimate of drug-likeness (QED) is 0.504. The van der Waals surface area contributed by atoms with Gasteiger partial charge in [0.25, 0.3) is 0 Å². The third-order valence-electron chi connectivity index (χ3n) is 4.73. The number of ether oxygens (including phenoxy) is 1. The van der Waals surface area contributed by atoms with Crippen LogP contribution in [-0.2, 0) is 0 Å². The van der Waals surface area contributed by atoms with Gasteiger partial charge in [-0.25, -0.2) is 5.01 Å². The molecule has 26 heavy (non-hydrogen) atoms. The van der Waals surface area contributed by atoms with Crippen LogP contribution in [0.4, 0.5) is 0 Å². The lowest BCUT2D eigenvalue weighted by molar-refractivity contribution is -0.0190.